The zero-order chi connectivity index (χ0) is 13.9. The first-order valence-electron chi connectivity index (χ1n) is 8.75. The van der Waals surface area contributed by atoms with Crippen molar-refractivity contribution in [3.63, 3.8) is 0 Å². The van der Waals surface area contributed by atoms with E-state index in [2.05, 4.69) is 6.92 Å². The first kappa shape index (κ1) is 13.3. The van der Waals surface area contributed by atoms with Crippen molar-refractivity contribution in [3.05, 3.63) is 0 Å². The molecule has 4 aliphatic carbocycles. The van der Waals surface area contributed by atoms with E-state index in [9.17, 15) is 9.90 Å². The molecule has 0 heterocycles. The van der Waals surface area contributed by atoms with E-state index in [0.29, 0.717) is 17.1 Å². The van der Waals surface area contributed by atoms with Crippen LogP contribution in [0.25, 0.3) is 0 Å². The monoisotopic (exact) mass is 276 g/mol. The number of Topliss-reactive ketones (excluding diaryl/α,β-unsaturated/α-hetero) is 1. The summed E-state index contributed by atoms with van der Waals surface area (Å²) in [5.74, 6) is 4.57. The normalized spacial score (nSPS) is 55.0. The van der Waals surface area contributed by atoms with Gasteiger partial charge in [0.2, 0.25) is 0 Å². The number of carbonyl (C=O) groups excluding carboxylic acids is 1. The summed E-state index contributed by atoms with van der Waals surface area (Å²) in [4.78, 5) is 11.9. The minimum Gasteiger partial charge on any atom is -0.393 e. The summed E-state index contributed by atoms with van der Waals surface area (Å²) in [7, 11) is 0. The number of aliphatic hydroxyl groups is 1. The van der Waals surface area contributed by atoms with Crippen molar-refractivity contribution >= 4 is 5.78 Å². The Kier molecular flexibility index (Phi) is 3.03. The van der Waals surface area contributed by atoms with Crippen LogP contribution in [0, 0.1) is 35.0 Å². The minimum atomic E-state index is -0.0327. The van der Waals surface area contributed by atoms with Crippen LogP contribution in [-0.4, -0.2) is 17.0 Å². The summed E-state index contributed by atoms with van der Waals surface area (Å²) >= 11 is 0. The molecule has 4 fully saturated rings. The van der Waals surface area contributed by atoms with Gasteiger partial charge in [0, 0.05) is 12.8 Å². The molecule has 1 N–H and O–H groups in total. The van der Waals surface area contributed by atoms with E-state index < -0.39 is 0 Å². The Balaban J connectivity index is 1.55. The van der Waals surface area contributed by atoms with Gasteiger partial charge in [0.15, 0.2) is 0 Å². The molecule has 0 aromatic heterocycles. The number of carbonyl (C=O) groups is 1. The number of hydrogen-bond donors (Lipinski definition) is 1. The van der Waals surface area contributed by atoms with Crippen LogP contribution in [0.15, 0.2) is 0 Å². The summed E-state index contributed by atoms with van der Waals surface area (Å²) in [6.45, 7) is 2.38. The molecular formula is C18H28O2. The quantitative estimate of drug-likeness (QED) is 0.734. The van der Waals surface area contributed by atoms with E-state index in [1.165, 1.54) is 32.1 Å². The highest BCUT2D eigenvalue weighted by Crippen LogP contribution is 2.60. The van der Waals surface area contributed by atoms with Crippen LogP contribution >= 0.6 is 0 Å². The number of rotatable bonds is 0. The number of fused-ring (bicyclic) bond motifs is 4. The van der Waals surface area contributed by atoms with E-state index in [4.69, 9.17) is 0 Å². The molecule has 0 saturated heterocycles. The summed E-state index contributed by atoms with van der Waals surface area (Å²) in [6, 6.07) is 0. The fraction of sp³-hybridized carbons (Fsp3) is 0.944. The molecule has 4 saturated carbocycles. The van der Waals surface area contributed by atoms with Crippen LogP contribution in [-0.2, 0) is 4.79 Å². The smallest absolute Gasteiger partial charge is 0.133 e. The molecule has 5 unspecified atom stereocenters. The maximum atomic E-state index is 11.9. The average Bonchev–Trinajstić information content (AvgIpc) is 2.68. The maximum absolute atomic E-state index is 11.9. The van der Waals surface area contributed by atoms with Crippen LogP contribution in [0.3, 0.4) is 0 Å². The highest BCUT2D eigenvalue weighted by Gasteiger charge is 2.53. The Labute approximate surface area is 122 Å². The minimum absolute atomic E-state index is 0.0327. The van der Waals surface area contributed by atoms with Gasteiger partial charge in [-0.05, 0) is 80.0 Å². The van der Waals surface area contributed by atoms with Gasteiger partial charge >= 0.3 is 0 Å². The van der Waals surface area contributed by atoms with E-state index >= 15 is 0 Å². The van der Waals surface area contributed by atoms with Crippen molar-refractivity contribution < 1.29 is 9.90 Å². The Bertz CT molecular complexity index is 418. The van der Waals surface area contributed by atoms with Crippen LogP contribution in [0.5, 0.6) is 0 Å². The van der Waals surface area contributed by atoms with E-state index in [-0.39, 0.29) is 6.10 Å². The molecule has 112 valence electrons. The topological polar surface area (TPSA) is 37.3 Å². The van der Waals surface area contributed by atoms with Gasteiger partial charge < -0.3 is 5.11 Å². The lowest BCUT2D eigenvalue weighted by atomic mass is 9.51. The highest BCUT2D eigenvalue weighted by atomic mass is 16.3. The molecule has 0 radical (unpaired) electrons. The Hall–Kier alpha value is -0.370. The molecule has 7 atom stereocenters. The third-order valence-electron chi connectivity index (χ3n) is 7.42. The van der Waals surface area contributed by atoms with Gasteiger partial charge in [-0.3, -0.25) is 4.79 Å². The molecule has 0 aromatic carbocycles. The molecule has 0 aliphatic heterocycles. The van der Waals surface area contributed by atoms with E-state index in [1.54, 1.807) is 0 Å². The Morgan fingerprint density at radius 3 is 2.70 bits per heavy atom. The number of aliphatic hydroxyl groups excluding tert-OH is 1. The van der Waals surface area contributed by atoms with Gasteiger partial charge in [-0.2, -0.15) is 0 Å². The van der Waals surface area contributed by atoms with Crippen molar-refractivity contribution in [2.45, 2.75) is 70.8 Å². The van der Waals surface area contributed by atoms with Crippen LogP contribution in [0.4, 0.5) is 0 Å². The summed E-state index contributed by atoms with van der Waals surface area (Å²) < 4.78 is 0. The maximum Gasteiger partial charge on any atom is 0.133 e. The first-order valence-corrected chi connectivity index (χ1v) is 8.75. The number of hydrogen-bond acceptors (Lipinski definition) is 2. The van der Waals surface area contributed by atoms with Crippen LogP contribution in [0.2, 0.25) is 0 Å². The van der Waals surface area contributed by atoms with Gasteiger partial charge in [-0.15, -0.1) is 0 Å². The molecular weight excluding hydrogens is 248 g/mol. The summed E-state index contributed by atoms with van der Waals surface area (Å²) in [5, 5.41) is 9.93. The fourth-order valence-corrected chi connectivity index (χ4v) is 6.49. The van der Waals surface area contributed by atoms with Gasteiger partial charge in [-0.25, -0.2) is 0 Å². The zero-order valence-electron chi connectivity index (χ0n) is 12.7. The SMILES string of the molecule is C[C@]12CC(=O)CC1CC1C(CCC3C[C@H](O)CCC31)C2. The lowest BCUT2D eigenvalue weighted by Gasteiger charge is -2.54. The molecule has 0 aromatic rings. The molecule has 4 rings (SSSR count). The van der Waals surface area contributed by atoms with Gasteiger partial charge in [0.05, 0.1) is 6.10 Å². The molecule has 2 nitrogen and oxygen atoms in total. The van der Waals surface area contributed by atoms with Crippen molar-refractivity contribution in [1.29, 1.82) is 0 Å². The van der Waals surface area contributed by atoms with E-state index in [0.717, 1.165) is 49.4 Å². The fourth-order valence-electron chi connectivity index (χ4n) is 6.49. The molecule has 2 heteroatoms. The largest absolute Gasteiger partial charge is 0.393 e. The molecule has 0 amide bonds. The summed E-state index contributed by atoms with van der Waals surface area (Å²) in [6.07, 6.45) is 10.3. The second-order valence-electron chi connectivity index (χ2n) is 8.60. The lowest BCUT2D eigenvalue weighted by Crippen LogP contribution is -2.46. The number of ketones is 1. The van der Waals surface area contributed by atoms with Gasteiger partial charge in [-0.1, -0.05) is 6.92 Å². The average molecular weight is 276 g/mol. The van der Waals surface area contributed by atoms with Crippen molar-refractivity contribution in [1.82, 2.24) is 0 Å². The summed E-state index contributed by atoms with van der Waals surface area (Å²) in [5.41, 5.74) is 0.333. The standard InChI is InChI=1S/C18H28O2/c1-18-9-12-3-2-11-6-14(19)4-5-16(11)17(12)8-13(18)7-15(20)10-18/h11-14,16-17,19H,2-10H2,1H3/t11?,12?,13?,14-,16?,17?,18+/m1/s1. The predicted octanol–water partition coefficient (Wildman–Crippen LogP) is 3.57. The van der Waals surface area contributed by atoms with Crippen molar-refractivity contribution in [3.8, 4) is 0 Å². The Morgan fingerprint density at radius 2 is 1.85 bits per heavy atom. The van der Waals surface area contributed by atoms with E-state index in [1.807, 2.05) is 0 Å². The lowest BCUT2D eigenvalue weighted by molar-refractivity contribution is -0.118. The van der Waals surface area contributed by atoms with Crippen molar-refractivity contribution in [2.24, 2.45) is 35.0 Å². The first-order chi connectivity index (χ1) is 9.55. The van der Waals surface area contributed by atoms with Crippen LogP contribution < -0.4 is 0 Å². The van der Waals surface area contributed by atoms with Crippen molar-refractivity contribution in [2.75, 3.05) is 0 Å². The van der Waals surface area contributed by atoms with Gasteiger partial charge in [0.25, 0.3) is 0 Å². The molecule has 0 spiro atoms. The molecule has 0 bridgehead atoms. The van der Waals surface area contributed by atoms with Gasteiger partial charge in [0.1, 0.15) is 5.78 Å². The highest BCUT2D eigenvalue weighted by molar-refractivity contribution is 5.82. The zero-order valence-corrected chi connectivity index (χ0v) is 12.7. The Morgan fingerprint density at radius 1 is 1.05 bits per heavy atom. The second kappa shape index (κ2) is 4.56. The second-order valence-corrected chi connectivity index (χ2v) is 8.60. The third-order valence-corrected chi connectivity index (χ3v) is 7.42. The third kappa shape index (κ3) is 1.98. The predicted molar refractivity (Wildman–Crippen MR) is 78.1 cm³/mol. The molecule has 20 heavy (non-hydrogen) atoms. The molecule has 4 aliphatic rings. The van der Waals surface area contributed by atoms with Crippen LogP contribution in [0.1, 0.15) is 64.7 Å².